The Hall–Kier alpha value is -1.60. The van der Waals surface area contributed by atoms with Crippen LogP contribution in [0.5, 0.6) is 5.75 Å². The van der Waals surface area contributed by atoms with Gasteiger partial charge in [-0.1, -0.05) is 17.7 Å². The van der Waals surface area contributed by atoms with Crippen molar-refractivity contribution in [1.82, 2.24) is 9.62 Å². The lowest BCUT2D eigenvalue weighted by molar-refractivity contribution is -0.127. The summed E-state index contributed by atoms with van der Waals surface area (Å²) in [6.07, 6.45) is 3.30. The van der Waals surface area contributed by atoms with Crippen LogP contribution in [0.4, 0.5) is 0 Å². The first-order chi connectivity index (χ1) is 12.0. The number of piperidine rings is 1. The normalized spacial score (nSPS) is 25.8. The van der Waals surface area contributed by atoms with Gasteiger partial charge >= 0.3 is 0 Å². The predicted octanol–water partition coefficient (Wildman–Crippen LogP) is 2.39. The third-order valence-corrected chi connectivity index (χ3v) is 6.43. The van der Waals surface area contributed by atoms with Crippen LogP contribution in [0.3, 0.4) is 0 Å². The molecule has 1 aromatic carbocycles. The van der Waals surface area contributed by atoms with Crippen LogP contribution in [0.1, 0.15) is 50.3 Å². The van der Waals surface area contributed by atoms with E-state index in [9.17, 15) is 13.2 Å². The van der Waals surface area contributed by atoms with Crippen molar-refractivity contribution in [3.8, 4) is 5.75 Å². The molecule has 0 radical (unpaired) electrons. The fourth-order valence-corrected chi connectivity index (χ4v) is 4.76. The van der Waals surface area contributed by atoms with Gasteiger partial charge in [-0.2, -0.15) is 0 Å². The molecule has 1 N–H and O–H groups in total. The minimum Gasteiger partial charge on any atom is -0.487 e. The first-order valence-corrected chi connectivity index (χ1v) is 10.9. The lowest BCUT2D eigenvalue weighted by atomic mass is 9.88. The van der Waals surface area contributed by atoms with Crippen LogP contribution in [0.25, 0.3) is 0 Å². The van der Waals surface area contributed by atoms with Crippen molar-refractivity contribution in [3.63, 3.8) is 0 Å². The Morgan fingerprint density at radius 3 is 2.77 bits per heavy atom. The highest BCUT2D eigenvalue weighted by molar-refractivity contribution is 7.88. The summed E-state index contributed by atoms with van der Waals surface area (Å²) in [5, 5.41) is 3.16. The van der Waals surface area contributed by atoms with E-state index in [0.29, 0.717) is 25.8 Å². The molecule has 3 rings (SSSR count). The van der Waals surface area contributed by atoms with Crippen LogP contribution >= 0.6 is 0 Å². The molecule has 2 atom stereocenters. The molecule has 2 unspecified atom stereocenters. The van der Waals surface area contributed by atoms with Gasteiger partial charge in [-0.15, -0.1) is 0 Å². The molecule has 0 spiro atoms. The van der Waals surface area contributed by atoms with E-state index in [2.05, 4.69) is 11.4 Å². The zero-order chi connectivity index (χ0) is 19.1. The summed E-state index contributed by atoms with van der Waals surface area (Å²) in [7, 11) is -3.26. The van der Waals surface area contributed by atoms with Gasteiger partial charge in [0, 0.05) is 25.1 Å². The Morgan fingerprint density at radius 2 is 2.08 bits per heavy atom. The lowest BCUT2D eigenvalue weighted by Gasteiger charge is -2.39. The largest absolute Gasteiger partial charge is 0.487 e. The summed E-state index contributed by atoms with van der Waals surface area (Å²) >= 11 is 0. The summed E-state index contributed by atoms with van der Waals surface area (Å²) in [6, 6.07) is 5.88. The summed E-state index contributed by atoms with van der Waals surface area (Å²) in [5.74, 6) is 0.421. The number of aryl methyl sites for hydroxylation is 1. The van der Waals surface area contributed by atoms with Gasteiger partial charge in [0.15, 0.2) is 0 Å². The first kappa shape index (κ1) is 19.2. The van der Waals surface area contributed by atoms with Gasteiger partial charge in [-0.05, 0) is 39.7 Å². The minimum absolute atomic E-state index is 0.0755. The van der Waals surface area contributed by atoms with Crippen LogP contribution in [0.2, 0.25) is 0 Å². The molecule has 0 aliphatic carbocycles. The molecular weight excluding hydrogens is 352 g/mol. The molecule has 2 heterocycles. The van der Waals surface area contributed by atoms with Gasteiger partial charge < -0.3 is 10.1 Å². The van der Waals surface area contributed by atoms with Crippen LogP contribution in [-0.2, 0) is 14.8 Å². The molecule has 1 aromatic rings. The van der Waals surface area contributed by atoms with Gasteiger partial charge in [0.05, 0.1) is 18.2 Å². The Kier molecular flexibility index (Phi) is 5.05. The van der Waals surface area contributed by atoms with E-state index >= 15 is 0 Å². The highest BCUT2D eigenvalue weighted by atomic mass is 32.2. The number of nitrogens with zero attached hydrogens (tertiary/aromatic N) is 1. The molecule has 1 amide bonds. The van der Waals surface area contributed by atoms with Crippen molar-refractivity contribution in [2.75, 3.05) is 19.3 Å². The van der Waals surface area contributed by atoms with E-state index in [-0.39, 0.29) is 30.0 Å². The smallest absolute Gasteiger partial charge is 0.224 e. The van der Waals surface area contributed by atoms with E-state index in [0.717, 1.165) is 16.9 Å². The first-order valence-electron chi connectivity index (χ1n) is 9.10. The Morgan fingerprint density at radius 1 is 1.35 bits per heavy atom. The Bertz CT molecular complexity index is 804. The molecule has 7 heteroatoms. The fourth-order valence-electron chi connectivity index (χ4n) is 3.85. The molecular formula is C19H28N2O4S. The third kappa shape index (κ3) is 4.20. The van der Waals surface area contributed by atoms with E-state index in [1.807, 2.05) is 32.9 Å². The minimum atomic E-state index is -3.26. The van der Waals surface area contributed by atoms with E-state index in [1.54, 1.807) is 0 Å². The molecule has 26 heavy (non-hydrogen) atoms. The van der Waals surface area contributed by atoms with Gasteiger partial charge in [-0.25, -0.2) is 12.7 Å². The number of amides is 1. The number of rotatable bonds is 3. The predicted molar refractivity (Wildman–Crippen MR) is 101 cm³/mol. The maximum atomic E-state index is 12.9. The second kappa shape index (κ2) is 6.85. The molecule has 1 saturated heterocycles. The number of benzene rings is 1. The highest BCUT2D eigenvalue weighted by Crippen LogP contribution is 2.40. The SMILES string of the molecule is Cc1ccc2c(c1)C(NC(=O)C1CCCN(S(C)(=O)=O)C1)CC(C)(C)O2. The van der Waals surface area contributed by atoms with Crippen molar-refractivity contribution in [2.45, 2.75) is 51.7 Å². The monoisotopic (exact) mass is 380 g/mol. The summed E-state index contributed by atoms with van der Waals surface area (Å²) in [6.45, 7) is 6.80. The number of carbonyl (C=O) groups is 1. The number of fused-ring (bicyclic) bond motifs is 1. The second-order valence-electron chi connectivity index (χ2n) is 8.13. The maximum absolute atomic E-state index is 12.9. The maximum Gasteiger partial charge on any atom is 0.224 e. The van der Waals surface area contributed by atoms with Crippen LogP contribution in [-0.4, -0.2) is 43.6 Å². The fraction of sp³-hybridized carbons (Fsp3) is 0.632. The Balaban J connectivity index is 1.78. The molecule has 144 valence electrons. The molecule has 1 fully saturated rings. The standard InChI is InChI=1S/C19H28N2O4S/c1-13-7-8-17-15(10-13)16(11-19(2,3)25-17)20-18(22)14-6-5-9-21(12-14)26(4,23)24/h7-8,10,14,16H,5-6,9,11-12H2,1-4H3,(H,20,22). The number of hydrogen-bond acceptors (Lipinski definition) is 4. The zero-order valence-corrected chi connectivity index (χ0v) is 16.7. The Labute approximate surface area is 156 Å². The number of nitrogens with one attached hydrogen (secondary N) is 1. The summed E-state index contributed by atoms with van der Waals surface area (Å²) in [5.41, 5.74) is 1.74. The van der Waals surface area contributed by atoms with Crippen LogP contribution in [0, 0.1) is 12.8 Å². The van der Waals surface area contributed by atoms with E-state index in [1.165, 1.54) is 10.6 Å². The van der Waals surface area contributed by atoms with E-state index < -0.39 is 10.0 Å². The molecule has 6 nitrogen and oxygen atoms in total. The lowest BCUT2D eigenvalue weighted by Crippen LogP contribution is -2.47. The van der Waals surface area contributed by atoms with Gasteiger partial charge in [-0.3, -0.25) is 4.79 Å². The van der Waals surface area contributed by atoms with Crippen molar-refractivity contribution in [2.24, 2.45) is 5.92 Å². The summed E-state index contributed by atoms with van der Waals surface area (Å²) in [4.78, 5) is 12.9. The average molecular weight is 381 g/mol. The average Bonchev–Trinajstić information content (AvgIpc) is 2.54. The molecule has 2 aliphatic heterocycles. The van der Waals surface area contributed by atoms with Crippen LogP contribution in [0.15, 0.2) is 18.2 Å². The molecule has 0 saturated carbocycles. The summed E-state index contributed by atoms with van der Waals surface area (Å²) < 4.78 is 31.1. The molecule has 0 bridgehead atoms. The van der Waals surface area contributed by atoms with Crippen molar-refractivity contribution in [3.05, 3.63) is 29.3 Å². The zero-order valence-electron chi connectivity index (χ0n) is 15.9. The van der Waals surface area contributed by atoms with Gasteiger partial charge in [0.25, 0.3) is 0 Å². The third-order valence-electron chi connectivity index (χ3n) is 5.16. The quantitative estimate of drug-likeness (QED) is 0.874. The number of sulfonamides is 1. The van der Waals surface area contributed by atoms with Crippen LogP contribution < -0.4 is 10.1 Å². The van der Waals surface area contributed by atoms with E-state index in [4.69, 9.17) is 4.74 Å². The number of ether oxygens (including phenoxy) is 1. The van der Waals surface area contributed by atoms with Crippen molar-refractivity contribution >= 4 is 15.9 Å². The molecule has 2 aliphatic rings. The number of carbonyl (C=O) groups excluding carboxylic acids is 1. The van der Waals surface area contributed by atoms with Gasteiger partial charge in [0.2, 0.25) is 15.9 Å². The topological polar surface area (TPSA) is 75.7 Å². The van der Waals surface area contributed by atoms with Crippen molar-refractivity contribution in [1.29, 1.82) is 0 Å². The van der Waals surface area contributed by atoms with Crippen molar-refractivity contribution < 1.29 is 17.9 Å². The van der Waals surface area contributed by atoms with Gasteiger partial charge in [0.1, 0.15) is 11.4 Å². The molecule has 0 aromatic heterocycles. The highest BCUT2D eigenvalue weighted by Gasteiger charge is 2.37. The second-order valence-corrected chi connectivity index (χ2v) is 10.1. The number of hydrogen-bond donors (Lipinski definition) is 1.